The number of hydrogen-bond acceptors (Lipinski definition) is 4. The quantitative estimate of drug-likeness (QED) is 0.731. The summed E-state index contributed by atoms with van der Waals surface area (Å²) in [5, 5.41) is 0. The monoisotopic (exact) mass is 403 g/mol. The van der Waals surface area contributed by atoms with Gasteiger partial charge in [-0.2, -0.15) is 0 Å². The van der Waals surface area contributed by atoms with Gasteiger partial charge in [0.15, 0.2) is 0 Å². The van der Waals surface area contributed by atoms with Crippen LogP contribution in [0.5, 0.6) is 0 Å². The third kappa shape index (κ3) is 5.94. The van der Waals surface area contributed by atoms with E-state index < -0.39 is 10.0 Å². The highest BCUT2D eigenvalue weighted by atomic mass is 35.5. The maximum Gasteiger partial charge on any atom is 0.254 e. The molecule has 0 aliphatic heterocycles. The van der Waals surface area contributed by atoms with Gasteiger partial charge in [0.25, 0.3) is 5.91 Å². The topological polar surface area (TPSA) is 92.5 Å². The van der Waals surface area contributed by atoms with E-state index in [9.17, 15) is 13.2 Å². The zero-order valence-electron chi connectivity index (χ0n) is 15.5. The Morgan fingerprint density at radius 3 is 2.46 bits per heavy atom. The molecule has 1 fully saturated rings. The van der Waals surface area contributed by atoms with Crippen molar-refractivity contribution >= 4 is 28.3 Å². The highest BCUT2D eigenvalue weighted by Crippen LogP contribution is 2.22. The summed E-state index contributed by atoms with van der Waals surface area (Å²) in [6, 6.07) is 6.45. The Labute approximate surface area is 163 Å². The minimum absolute atomic E-state index is 0. The lowest BCUT2D eigenvalue weighted by atomic mass is 9.93. The Bertz CT molecular complexity index is 689. The lowest BCUT2D eigenvalue weighted by Crippen LogP contribution is -2.41. The van der Waals surface area contributed by atoms with E-state index in [4.69, 9.17) is 5.73 Å². The van der Waals surface area contributed by atoms with Crippen LogP contribution in [0.3, 0.4) is 0 Å². The Hall–Kier alpha value is -1.15. The van der Waals surface area contributed by atoms with Gasteiger partial charge in [-0.15, -0.1) is 12.4 Å². The minimum atomic E-state index is -3.75. The first-order valence-electron chi connectivity index (χ1n) is 8.97. The molecule has 1 aromatic rings. The smallest absolute Gasteiger partial charge is 0.254 e. The largest absolute Gasteiger partial charge is 0.342 e. The van der Waals surface area contributed by atoms with Gasteiger partial charge in [-0.1, -0.05) is 25.5 Å². The number of nitrogens with two attached hydrogens (primary N) is 1. The molecule has 8 heteroatoms. The number of benzene rings is 1. The fourth-order valence-electron chi connectivity index (χ4n) is 3.10. The van der Waals surface area contributed by atoms with Gasteiger partial charge in [-0.3, -0.25) is 4.79 Å². The van der Waals surface area contributed by atoms with E-state index in [2.05, 4.69) is 11.6 Å². The molecule has 0 atom stereocenters. The van der Waals surface area contributed by atoms with Crippen LogP contribution in [0.2, 0.25) is 0 Å². The first-order chi connectivity index (χ1) is 11.8. The molecule has 1 amide bonds. The standard InChI is InChI=1S/C18H29N3O3S.ClH/c1-3-4-13-21(2)18(22)16-7-5-6-8-17(16)25(23,24)20-15-11-9-14(19)10-12-15;/h5-8,14-15,20H,3-4,9-13,19H2,1-2H3;1H. The molecule has 0 aromatic heterocycles. The average Bonchev–Trinajstić information content (AvgIpc) is 2.60. The molecule has 148 valence electrons. The van der Waals surface area contributed by atoms with Crippen LogP contribution in [-0.4, -0.2) is 44.9 Å². The van der Waals surface area contributed by atoms with E-state index in [0.29, 0.717) is 6.54 Å². The van der Waals surface area contributed by atoms with Crippen LogP contribution in [0.15, 0.2) is 29.2 Å². The maximum absolute atomic E-state index is 12.8. The zero-order valence-corrected chi connectivity index (χ0v) is 17.1. The lowest BCUT2D eigenvalue weighted by Gasteiger charge is -2.27. The molecule has 1 aliphatic carbocycles. The Morgan fingerprint density at radius 1 is 1.23 bits per heavy atom. The number of nitrogens with zero attached hydrogens (tertiary/aromatic N) is 1. The predicted octanol–water partition coefficient (Wildman–Crippen LogP) is 2.53. The molecule has 1 aliphatic rings. The van der Waals surface area contributed by atoms with Crippen LogP contribution in [-0.2, 0) is 10.0 Å². The first kappa shape index (κ1) is 22.9. The van der Waals surface area contributed by atoms with Crippen molar-refractivity contribution in [3.63, 3.8) is 0 Å². The number of hydrogen-bond donors (Lipinski definition) is 2. The first-order valence-corrected chi connectivity index (χ1v) is 10.5. The number of halogens is 1. The van der Waals surface area contributed by atoms with Crippen molar-refractivity contribution in [2.45, 2.75) is 62.4 Å². The zero-order chi connectivity index (χ0) is 18.4. The summed E-state index contributed by atoms with van der Waals surface area (Å²) >= 11 is 0. The van der Waals surface area contributed by atoms with Crippen molar-refractivity contribution in [3.05, 3.63) is 29.8 Å². The molecule has 6 nitrogen and oxygen atoms in total. The molecule has 1 aromatic carbocycles. The van der Waals surface area contributed by atoms with Crippen LogP contribution in [0.25, 0.3) is 0 Å². The number of nitrogens with one attached hydrogen (secondary N) is 1. The average molecular weight is 404 g/mol. The molecule has 0 heterocycles. The number of carbonyl (C=O) groups is 1. The third-order valence-electron chi connectivity index (χ3n) is 4.69. The molecule has 2 rings (SSSR count). The summed E-state index contributed by atoms with van der Waals surface area (Å²) in [7, 11) is -2.04. The Balaban J connectivity index is 0.00000338. The van der Waals surface area contributed by atoms with E-state index in [1.54, 1.807) is 30.1 Å². The van der Waals surface area contributed by atoms with E-state index in [1.165, 1.54) is 6.07 Å². The van der Waals surface area contributed by atoms with Gasteiger partial charge in [-0.05, 0) is 44.2 Å². The highest BCUT2D eigenvalue weighted by molar-refractivity contribution is 7.89. The summed E-state index contributed by atoms with van der Waals surface area (Å²) in [6.07, 6.45) is 4.95. The van der Waals surface area contributed by atoms with Crippen LogP contribution in [0.4, 0.5) is 0 Å². The van der Waals surface area contributed by atoms with Gasteiger partial charge in [-0.25, -0.2) is 13.1 Å². The van der Waals surface area contributed by atoms with Gasteiger partial charge in [0.1, 0.15) is 0 Å². The van der Waals surface area contributed by atoms with Crippen LogP contribution in [0, 0.1) is 0 Å². The molecule has 0 radical (unpaired) electrons. The summed E-state index contributed by atoms with van der Waals surface area (Å²) < 4.78 is 28.4. The predicted molar refractivity (Wildman–Crippen MR) is 106 cm³/mol. The second-order valence-electron chi connectivity index (χ2n) is 6.81. The number of carbonyl (C=O) groups excluding carboxylic acids is 1. The normalized spacial score (nSPS) is 20.3. The minimum Gasteiger partial charge on any atom is -0.342 e. The van der Waals surface area contributed by atoms with E-state index in [-0.39, 0.29) is 40.9 Å². The molecular formula is C18H30ClN3O3S. The molecule has 1 saturated carbocycles. The van der Waals surface area contributed by atoms with E-state index in [1.807, 2.05) is 0 Å². The third-order valence-corrected chi connectivity index (χ3v) is 6.27. The highest BCUT2D eigenvalue weighted by Gasteiger charge is 2.28. The Morgan fingerprint density at radius 2 is 1.85 bits per heavy atom. The second kappa shape index (κ2) is 10.3. The van der Waals surface area contributed by atoms with Gasteiger partial charge in [0.2, 0.25) is 10.0 Å². The fraction of sp³-hybridized carbons (Fsp3) is 0.611. The van der Waals surface area contributed by atoms with E-state index >= 15 is 0 Å². The summed E-state index contributed by atoms with van der Waals surface area (Å²) in [5.41, 5.74) is 6.10. The van der Waals surface area contributed by atoms with E-state index in [0.717, 1.165) is 38.5 Å². The fourth-order valence-corrected chi connectivity index (χ4v) is 4.60. The van der Waals surface area contributed by atoms with Crippen LogP contribution < -0.4 is 10.5 Å². The van der Waals surface area contributed by atoms with Crippen LogP contribution in [0.1, 0.15) is 55.8 Å². The van der Waals surface area contributed by atoms with Gasteiger partial charge in [0.05, 0.1) is 10.5 Å². The molecule has 0 spiro atoms. The molecule has 0 bridgehead atoms. The lowest BCUT2D eigenvalue weighted by molar-refractivity contribution is 0.0789. The van der Waals surface area contributed by atoms with Crippen molar-refractivity contribution in [2.24, 2.45) is 5.73 Å². The summed E-state index contributed by atoms with van der Waals surface area (Å²) in [6.45, 7) is 2.66. The molecule has 0 saturated heterocycles. The Kier molecular flexibility index (Phi) is 9.03. The second-order valence-corrected chi connectivity index (χ2v) is 8.49. The molecular weight excluding hydrogens is 374 g/mol. The van der Waals surface area contributed by atoms with Crippen molar-refractivity contribution in [1.82, 2.24) is 9.62 Å². The van der Waals surface area contributed by atoms with Gasteiger partial charge >= 0.3 is 0 Å². The maximum atomic E-state index is 12.8. The summed E-state index contributed by atoms with van der Waals surface area (Å²) in [4.78, 5) is 14.3. The van der Waals surface area contributed by atoms with Crippen molar-refractivity contribution in [1.29, 1.82) is 0 Å². The SMILES string of the molecule is CCCCN(C)C(=O)c1ccccc1S(=O)(=O)NC1CCC(N)CC1.Cl. The molecule has 26 heavy (non-hydrogen) atoms. The molecule has 3 N–H and O–H groups in total. The van der Waals surface area contributed by atoms with Gasteiger partial charge in [0, 0.05) is 25.7 Å². The number of rotatable bonds is 7. The number of unbranched alkanes of at least 4 members (excludes halogenated alkanes) is 1. The number of amides is 1. The van der Waals surface area contributed by atoms with Gasteiger partial charge < -0.3 is 10.6 Å². The van der Waals surface area contributed by atoms with Crippen molar-refractivity contribution in [3.8, 4) is 0 Å². The van der Waals surface area contributed by atoms with Crippen molar-refractivity contribution < 1.29 is 13.2 Å². The molecule has 0 unspecified atom stereocenters. The summed E-state index contributed by atoms with van der Waals surface area (Å²) in [5.74, 6) is -0.264. The number of sulfonamides is 1. The van der Waals surface area contributed by atoms with Crippen LogP contribution >= 0.6 is 12.4 Å². The van der Waals surface area contributed by atoms with Crippen molar-refractivity contribution in [2.75, 3.05) is 13.6 Å².